The Labute approximate surface area is 123 Å². The lowest BCUT2D eigenvalue weighted by atomic mass is 10.1. The fraction of sp³-hybridized carbons (Fsp3) is 0.467. The average molecular weight is 293 g/mol. The van der Waals surface area contributed by atoms with Crippen molar-refractivity contribution in [2.45, 2.75) is 25.7 Å². The molecule has 1 aliphatic carbocycles. The normalized spacial score (nSPS) is 18.4. The Balaban J connectivity index is 1.84. The summed E-state index contributed by atoms with van der Waals surface area (Å²) in [5, 5.41) is 3.48. The lowest BCUT2D eigenvalue weighted by molar-refractivity contribution is -0.117. The molecule has 1 saturated heterocycles. The number of nitrogens with zero attached hydrogens (tertiary/aromatic N) is 1. The van der Waals surface area contributed by atoms with Crippen molar-refractivity contribution in [3.8, 4) is 0 Å². The van der Waals surface area contributed by atoms with Gasteiger partial charge in [-0.1, -0.05) is 11.6 Å². The summed E-state index contributed by atoms with van der Waals surface area (Å²) in [7, 11) is 0. The summed E-state index contributed by atoms with van der Waals surface area (Å²) in [6.07, 6.45) is 3.75. The zero-order valence-corrected chi connectivity index (χ0v) is 11.9. The second kappa shape index (κ2) is 5.44. The molecule has 0 spiro atoms. The minimum absolute atomic E-state index is 0.0588. The molecular weight excluding hydrogens is 276 g/mol. The first kappa shape index (κ1) is 13.4. The monoisotopic (exact) mass is 292 g/mol. The van der Waals surface area contributed by atoms with Gasteiger partial charge < -0.3 is 10.2 Å². The summed E-state index contributed by atoms with van der Waals surface area (Å²) in [5.74, 6) is 0.565. The lowest BCUT2D eigenvalue weighted by Gasteiger charge is -2.19. The first-order valence-electron chi connectivity index (χ1n) is 7.03. The highest BCUT2D eigenvalue weighted by molar-refractivity contribution is 6.31. The zero-order chi connectivity index (χ0) is 14.1. The van der Waals surface area contributed by atoms with Gasteiger partial charge in [0.15, 0.2) is 0 Å². The van der Waals surface area contributed by atoms with Gasteiger partial charge in [0.05, 0.1) is 11.3 Å². The average Bonchev–Trinajstić information content (AvgIpc) is 3.16. The van der Waals surface area contributed by atoms with Crippen molar-refractivity contribution in [1.29, 1.82) is 0 Å². The molecule has 5 heteroatoms. The van der Waals surface area contributed by atoms with Crippen molar-refractivity contribution in [2.24, 2.45) is 5.92 Å². The van der Waals surface area contributed by atoms with Crippen LogP contribution in [0.3, 0.4) is 0 Å². The van der Waals surface area contributed by atoms with Crippen LogP contribution in [0, 0.1) is 5.92 Å². The molecular formula is C15H17ClN2O2. The van der Waals surface area contributed by atoms with E-state index in [9.17, 15) is 9.59 Å². The molecule has 0 atom stereocenters. The topological polar surface area (TPSA) is 49.4 Å². The van der Waals surface area contributed by atoms with Gasteiger partial charge in [-0.15, -0.1) is 0 Å². The molecule has 2 fully saturated rings. The van der Waals surface area contributed by atoms with E-state index in [-0.39, 0.29) is 11.8 Å². The Morgan fingerprint density at radius 1 is 1.40 bits per heavy atom. The van der Waals surface area contributed by atoms with E-state index in [1.165, 1.54) is 12.8 Å². The number of rotatable bonds is 4. The summed E-state index contributed by atoms with van der Waals surface area (Å²) in [6, 6.07) is 5.10. The molecule has 0 unspecified atom stereocenters. The summed E-state index contributed by atoms with van der Waals surface area (Å²) in [5.41, 5.74) is 1.17. The second-order valence-corrected chi connectivity index (χ2v) is 5.90. The molecule has 0 radical (unpaired) electrons. The minimum Gasteiger partial charge on any atom is -0.352 e. The van der Waals surface area contributed by atoms with Crippen LogP contribution in [0.5, 0.6) is 0 Å². The van der Waals surface area contributed by atoms with E-state index in [1.54, 1.807) is 23.1 Å². The van der Waals surface area contributed by atoms with Crippen LogP contribution in [0.15, 0.2) is 18.2 Å². The van der Waals surface area contributed by atoms with Crippen LogP contribution in [0.1, 0.15) is 36.0 Å². The fourth-order valence-corrected chi connectivity index (χ4v) is 2.64. The van der Waals surface area contributed by atoms with Crippen molar-refractivity contribution >= 4 is 29.1 Å². The molecule has 1 aromatic rings. The number of halogens is 1. The van der Waals surface area contributed by atoms with Gasteiger partial charge in [0.1, 0.15) is 0 Å². The maximum Gasteiger partial charge on any atom is 0.253 e. The molecule has 4 nitrogen and oxygen atoms in total. The number of amides is 2. The van der Waals surface area contributed by atoms with Crippen molar-refractivity contribution in [1.82, 2.24) is 5.32 Å². The van der Waals surface area contributed by atoms with Gasteiger partial charge in [0.2, 0.25) is 5.91 Å². The van der Waals surface area contributed by atoms with Crippen LogP contribution >= 0.6 is 11.6 Å². The fourth-order valence-electron chi connectivity index (χ4n) is 2.48. The van der Waals surface area contributed by atoms with Crippen molar-refractivity contribution in [2.75, 3.05) is 18.0 Å². The number of hydrogen-bond donors (Lipinski definition) is 1. The predicted octanol–water partition coefficient (Wildman–Crippen LogP) is 2.61. The third-order valence-corrected chi connectivity index (χ3v) is 4.05. The molecule has 1 aromatic carbocycles. The molecule has 3 rings (SSSR count). The summed E-state index contributed by atoms with van der Waals surface area (Å²) < 4.78 is 0. The molecule has 2 aliphatic rings. The van der Waals surface area contributed by atoms with Gasteiger partial charge in [-0.2, -0.15) is 0 Å². The summed E-state index contributed by atoms with van der Waals surface area (Å²) in [4.78, 5) is 25.8. The Morgan fingerprint density at radius 3 is 2.85 bits per heavy atom. The van der Waals surface area contributed by atoms with Crippen LogP contribution < -0.4 is 10.2 Å². The molecule has 2 amide bonds. The molecule has 1 N–H and O–H groups in total. The maximum absolute atomic E-state index is 12.3. The predicted molar refractivity (Wildman–Crippen MR) is 78.1 cm³/mol. The first-order chi connectivity index (χ1) is 9.65. The van der Waals surface area contributed by atoms with Crippen molar-refractivity contribution in [3.63, 3.8) is 0 Å². The van der Waals surface area contributed by atoms with E-state index in [2.05, 4.69) is 5.32 Å². The van der Waals surface area contributed by atoms with E-state index >= 15 is 0 Å². The van der Waals surface area contributed by atoms with Crippen LogP contribution in [0.25, 0.3) is 0 Å². The number of nitrogens with one attached hydrogen (secondary N) is 1. The first-order valence-corrected chi connectivity index (χ1v) is 7.41. The second-order valence-electron chi connectivity index (χ2n) is 5.46. The van der Waals surface area contributed by atoms with Gasteiger partial charge in [-0.05, 0) is 43.4 Å². The number of hydrogen-bond acceptors (Lipinski definition) is 2. The highest BCUT2D eigenvalue weighted by atomic mass is 35.5. The third-order valence-electron chi connectivity index (χ3n) is 3.82. The van der Waals surface area contributed by atoms with E-state index in [0.29, 0.717) is 35.2 Å². The van der Waals surface area contributed by atoms with Gasteiger partial charge in [-0.3, -0.25) is 9.59 Å². The van der Waals surface area contributed by atoms with E-state index in [0.717, 1.165) is 13.0 Å². The molecule has 1 aliphatic heterocycles. The SMILES string of the molecule is O=C(NCC1CC1)c1ccc(Cl)cc1N1CCCC1=O. The van der Waals surface area contributed by atoms with Crippen LogP contribution in [-0.4, -0.2) is 24.9 Å². The van der Waals surface area contributed by atoms with Crippen molar-refractivity contribution in [3.05, 3.63) is 28.8 Å². The number of carbonyl (C=O) groups excluding carboxylic acids is 2. The van der Waals surface area contributed by atoms with Gasteiger partial charge in [0, 0.05) is 24.5 Å². The third kappa shape index (κ3) is 2.80. The Kier molecular flexibility index (Phi) is 3.66. The zero-order valence-electron chi connectivity index (χ0n) is 11.2. The Hall–Kier alpha value is -1.55. The highest BCUT2D eigenvalue weighted by Crippen LogP contribution is 2.30. The Bertz CT molecular complexity index is 555. The number of benzene rings is 1. The molecule has 0 aromatic heterocycles. The lowest BCUT2D eigenvalue weighted by Crippen LogP contribution is -2.30. The van der Waals surface area contributed by atoms with Gasteiger partial charge >= 0.3 is 0 Å². The summed E-state index contributed by atoms with van der Waals surface area (Å²) >= 11 is 6.02. The van der Waals surface area contributed by atoms with E-state index < -0.39 is 0 Å². The van der Waals surface area contributed by atoms with Crippen LogP contribution in [0.2, 0.25) is 5.02 Å². The number of anilines is 1. The standard InChI is InChI=1S/C15H17ClN2O2/c16-11-5-6-12(15(20)17-9-10-3-4-10)13(8-11)18-7-1-2-14(18)19/h5-6,8,10H,1-4,7,9H2,(H,17,20). The largest absolute Gasteiger partial charge is 0.352 e. The van der Waals surface area contributed by atoms with Crippen LogP contribution in [0.4, 0.5) is 5.69 Å². The molecule has 1 heterocycles. The summed E-state index contributed by atoms with van der Waals surface area (Å²) in [6.45, 7) is 1.37. The quantitative estimate of drug-likeness (QED) is 0.927. The van der Waals surface area contributed by atoms with E-state index in [4.69, 9.17) is 11.6 Å². The van der Waals surface area contributed by atoms with Gasteiger partial charge in [0.25, 0.3) is 5.91 Å². The molecule has 20 heavy (non-hydrogen) atoms. The van der Waals surface area contributed by atoms with Gasteiger partial charge in [-0.25, -0.2) is 0 Å². The smallest absolute Gasteiger partial charge is 0.253 e. The number of carbonyl (C=O) groups is 2. The van der Waals surface area contributed by atoms with Crippen LogP contribution in [-0.2, 0) is 4.79 Å². The molecule has 106 valence electrons. The minimum atomic E-state index is -0.122. The van der Waals surface area contributed by atoms with Crippen molar-refractivity contribution < 1.29 is 9.59 Å². The maximum atomic E-state index is 12.3. The van der Waals surface area contributed by atoms with E-state index in [1.807, 2.05) is 0 Å². The highest BCUT2D eigenvalue weighted by Gasteiger charge is 2.27. The molecule has 0 bridgehead atoms. The Morgan fingerprint density at radius 2 is 2.20 bits per heavy atom. The molecule has 1 saturated carbocycles.